The van der Waals surface area contributed by atoms with E-state index in [1.54, 1.807) is 0 Å². The summed E-state index contributed by atoms with van der Waals surface area (Å²) >= 11 is 0. The standard InChI is InChI=1S/C12H20O2/c13-6-11-10-2-8-1-9(3-10)5-12(11,4-8)7-14/h8-11,13-14H,1-7H2/t8?,9?,10?,11-,12?/m0/s1. The normalized spacial score (nSPS) is 55.3. The summed E-state index contributed by atoms with van der Waals surface area (Å²) in [4.78, 5) is 0. The van der Waals surface area contributed by atoms with E-state index in [0.717, 1.165) is 17.8 Å². The minimum atomic E-state index is 0.115. The zero-order chi connectivity index (χ0) is 9.76. The first kappa shape index (κ1) is 9.17. The van der Waals surface area contributed by atoms with Crippen molar-refractivity contribution in [2.45, 2.75) is 32.1 Å². The van der Waals surface area contributed by atoms with Gasteiger partial charge in [0.05, 0.1) is 0 Å². The van der Waals surface area contributed by atoms with Gasteiger partial charge in [-0.2, -0.15) is 0 Å². The lowest BCUT2D eigenvalue weighted by Crippen LogP contribution is -2.55. The van der Waals surface area contributed by atoms with Gasteiger partial charge in [-0.1, -0.05) is 0 Å². The van der Waals surface area contributed by atoms with Crippen LogP contribution in [0.1, 0.15) is 32.1 Å². The Morgan fingerprint density at radius 3 is 2.14 bits per heavy atom. The second kappa shape index (κ2) is 2.96. The summed E-state index contributed by atoms with van der Waals surface area (Å²) in [6.45, 7) is 0.604. The van der Waals surface area contributed by atoms with Crippen molar-refractivity contribution in [2.75, 3.05) is 13.2 Å². The Labute approximate surface area is 85.3 Å². The second-order valence-corrected chi connectivity index (χ2v) is 5.92. The Balaban J connectivity index is 1.94. The maximum Gasteiger partial charge on any atom is 0.0491 e. The molecule has 4 rings (SSSR count). The molecule has 0 aromatic heterocycles. The van der Waals surface area contributed by atoms with E-state index in [-0.39, 0.29) is 5.41 Å². The van der Waals surface area contributed by atoms with Gasteiger partial charge in [0.2, 0.25) is 0 Å². The molecule has 80 valence electrons. The van der Waals surface area contributed by atoms with Crippen LogP contribution in [0, 0.1) is 29.1 Å². The van der Waals surface area contributed by atoms with Crippen molar-refractivity contribution in [3.05, 3.63) is 0 Å². The van der Waals surface area contributed by atoms with Gasteiger partial charge in [0.25, 0.3) is 0 Å². The van der Waals surface area contributed by atoms with E-state index in [0.29, 0.717) is 19.1 Å². The lowest BCUT2D eigenvalue weighted by Gasteiger charge is -2.60. The van der Waals surface area contributed by atoms with Crippen molar-refractivity contribution < 1.29 is 10.2 Å². The summed E-state index contributed by atoms with van der Waals surface area (Å²) in [5.74, 6) is 2.85. The monoisotopic (exact) mass is 196 g/mol. The zero-order valence-corrected chi connectivity index (χ0v) is 8.65. The van der Waals surface area contributed by atoms with Gasteiger partial charge in [0.15, 0.2) is 0 Å². The van der Waals surface area contributed by atoms with Crippen LogP contribution in [0.5, 0.6) is 0 Å². The summed E-state index contributed by atoms with van der Waals surface area (Å²) in [5, 5.41) is 19.1. The first-order chi connectivity index (χ1) is 6.77. The molecule has 0 aliphatic heterocycles. The topological polar surface area (TPSA) is 40.5 Å². The number of aliphatic hydroxyl groups excluding tert-OH is 2. The van der Waals surface area contributed by atoms with E-state index in [1.807, 2.05) is 0 Å². The highest BCUT2D eigenvalue weighted by Crippen LogP contribution is 2.62. The molecule has 0 heterocycles. The molecule has 4 fully saturated rings. The molecule has 4 aliphatic carbocycles. The van der Waals surface area contributed by atoms with Crippen LogP contribution < -0.4 is 0 Å². The molecule has 0 amide bonds. The fourth-order valence-corrected chi connectivity index (χ4v) is 4.90. The second-order valence-electron chi connectivity index (χ2n) is 5.92. The molecule has 2 N–H and O–H groups in total. The first-order valence-electron chi connectivity index (χ1n) is 5.99. The fraction of sp³-hybridized carbons (Fsp3) is 1.00. The summed E-state index contributed by atoms with van der Waals surface area (Å²) in [6, 6.07) is 0. The zero-order valence-electron chi connectivity index (χ0n) is 8.65. The van der Waals surface area contributed by atoms with Crippen LogP contribution in [0.25, 0.3) is 0 Å². The van der Waals surface area contributed by atoms with E-state index in [9.17, 15) is 10.2 Å². The quantitative estimate of drug-likeness (QED) is 0.701. The molecule has 0 aromatic rings. The number of hydrogen-bond acceptors (Lipinski definition) is 2. The molecule has 0 radical (unpaired) electrons. The molecule has 0 aromatic carbocycles. The van der Waals surface area contributed by atoms with Crippen molar-refractivity contribution in [1.82, 2.24) is 0 Å². The van der Waals surface area contributed by atoms with Crippen molar-refractivity contribution in [3.8, 4) is 0 Å². The van der Waals surface area contributed by atoms with Crippen LogP contribution in [0.4, 0.5) is 0 Å². The molecular formula is C12H20O2. The molecule has 3 atom stereocenters. The van der Waals surface area contributed by atoms with E-state index in [2.05, 4.69) is 0 Å². The predicted octanol–water partition coefficient (Wildman–Crippen LogP) is 1.41. The SMILES string of the molecule is OC[C@H]1C2CC3CC(C2)CC1(CO)C3. The van der Waals surface area contributed by atoms with Crippen LogP contribution in [0.2, 0.25) is 0 Å². The summed E-state index contributed by atoms with van der Waals surface area (Å²) in [7, 11) is 0. The summed E-state index contributed by atoms with van der Waals surface area (Å²) in [5.41, 5.74) is 0.115. The molecule has 2 unspecified atom stereocenters. The van der Waals surface area contributed by atoms with Gasteiger partial charge in [-0.3, -0.25) is 0 Å². The van der Waals surface area contributed by atoms with E-state index in [4.69, 9.17) is 0 Å². The molecule has 0 saturated heterocycles. The highest BCUT2D eigenvalue weighted by molar-refractivity contribution is 5.05. The molecular weight excluding hydrogens is 176 g/mol. The molecule has 4 aliphatic rings. The van der Waals surface area contributed by atoms with Gasteiger partial charge in [-0.15, -0.1) is 0 Å². The van der Waals surface area contributed by atoms with Crippen LogP contribution in [-0.2, 0) is 0 Å². The number of aliphatic hydroxyl groups is 2. The minimum absolute atomic E-state index is 0.115. The van der Waals surface area contributed by atoms with Crippen LogP contribution in [-0.4, -0.2) is 23.4 Å². The smallest absolute Gasteiger partial charge is 0.0491 e. The van der Waals surface area contributed by atoms with Crippen molar-refractivity contribution >= 4 is 0 Å². The predicted molar refractivity (Wildman–Crippen MR) is 53.6 cm³/mol. The molecule has 2 nitrogen and oxygen atoms in total. The summed E-state index contributed by atoms with van der Waals surface area (Å²) in [6.07, 6.45) is 6.41. The highest BCUT2D eigenvalue weighted by Gasteiger charge is 2.56. The highest BCUT2D eigenvalue weighted by atomic mass is 16.3. The maximum absolute atomic E-state index is 9.62. The van der Waals surface area contributed by atoms with Gasteiger partial charge >= 0.3 is 0 Å². The van der Waals surface area contributed by atoms with Crippen LogP contribution in [0.3, 0.4) is 0 Å². The van der Waals surface area contributed by atoms with Gasteiger partial charge in [-0.05, 0) is 61.2 Å². The van der Waals surface area contributed by atoms with Crippen molar-refractivity contribution in [3.63, 3.8) is 0 Å². The Morgan fingerprint density at radius 1 is 1.00 bits per heavy atom. The van der Waals surface area contributed by atoms with Crippen molar-refractivity contribution in [2.24, 2.45) is 29.1 Å². The Kier molecular flexibility index (Phi) is 1.94. The molecule has 14 heavy (non-hydrogen) atoms. The Morgan fingerprint density at radius 2 is 1.64 bits per heavy atom. The molecule has 4 saturated carbocycles. The first-order valence-corrected chi connectivity index (χ1v) is 5.99. The van der Waals surface area contributed by atoms with Crippen LogP contribution in [0.15, 0.2) is 0 Å². The third-order valence-corrected chi connectivity index (χ3v) is 5.20. The van der Waals surface area contributed by atoms with E-state index in [1.165, 1.54) is 32.1 Å². The lowest BCUT2D eigenvalue weighted by atomic mass is 9.45. The minimum Gasteiger partial charge on any atom is -0.396 e. The average molecular weight is 196 g/mol. The summed E-state index contributed by atoms with van der Waals surface area (Å²) < 4.78 is 0. The molecule has 0 spiro atoms. The number of rotatable bonds is 2. The van der Waals surface area contributed by atoms with Crippen molar-refractivity contribution in [1.29, 1.82) is 0 Å². The maximum atomic E-state index is 9.62. The lowest BCUT2D eigenvalue weighted by molar-refractivity contribution is -0.145. The fourth-order valence-electron chi connectivity index (χ4n) is 4.90. The van der Waals surface area contributed by atoms with E-state index < -0.39 is 0 Å². The Bertz CT molecular complexity index is 224. The third kappa shape index (κ3) is 1.04. The Hall–Kier alpha value is -0.0800. The largest absolute Gasteiger partial charge is 0.396 e. The van der Waals surface area contributed by atoms with Crippen LogP contribution >= 0.6 is 0 Å². The van der Waals surface area contributed by atoms with Gasteiger partial charge in [0, 0.05) is 13.2 Å². The van der Waals surface area contributed by atoms with Gasteiger partial charge < -0.3 is 10.2 Å². The molecule has 2 heteroatoms. The third-order valence-electron chi connectivity index (χ3n) is 5.20. The van der Waals surface area contributed by atoms with E-state index >= 15 is 0 Å². The number of hydrogen-bond donors (Lipinski definition) is 2. The average Bonchev–Trinajstić information content (AvgIpc) is 2.16. The molecule has 4 bridgehead atoms. The van der Waals surface area contributed by atoms with Gasteiger partial charge in [-0.25, -0.2) is 0 Å². The van der Waals surface area contributed by atoms with Gasteiger partial charge in [0.1, 0.15) is 0 Å².